The molecule has 0 spiro atoms. The predicted octanol–water partition coefficient (Wildman–Crippen LogP) is 3.08. The van der Waals surface area contributed by atoms with Crippen LogP contribution in [0.4, 0.5) is 5.82 Å². The van der Waals surface area contributed by atoms with E-state index in [0.717, 1.165) is 17.4 Å². The lowest BCUT2D eigenvalue weighted by Crippen LogP contribution is -2.45. The Labute approximate surface area is 167 Å². The van der Waals surface area contributed by atoms with Gasteiger partial charge in [-0.2, -0.15) is 0 Å². The number of amides is 1. The van der Waals surface area contributed by atoms with Crippen LogP contribution in [0.25, 0.3) is 0 Å². The Hall–Kier alpha value is -1.38. The topological polar surface area (TPSA) is 78.4 Å². The first-order chi connectivity index (χ1) is 11.6. The number of rotatable bonds is 5. The van der Waals surface area contributed by atoms with E-state index in [-0.39, 0.29) is 29.9 Å². The highest BCUT2D eigenvalue weighted by Crippen LogP contribution is 2.23. The molecule has 1 fully saturated rings. The summed E-state index contributed by atoms with van der Waals surface area (Å²) in [6.45, 7) is 4.82. The number of carbonyl (C=O) groups is 1. The third-order valence-corrected chi connectivity index (χ3v) is 4.40. The maximum absolute atomic E-state index is 11.9. The van der Waals surface area contributed by atoms with E-state index in [1.54, 1.807) is 13.2 Å². The van der Waals surface area contributed by atoms with Crippen molar-refractivity contribution >= 4 is 41.7 Å². The summed E-state index contributed by atoms with van der Waals surface area (Å²) in [5.41, 5.74) is 1.07. The third kappa shape index (κ3) is 8.02. The minimum absolute atomic E-state index is 0. The Kier molecular flexibility index (Phi) is 9.77. The van der Waals surface area contributed by atoms with Crippen molar-refractivity contribution in [2.45, 2.75) is 52.0 Å². The van der Waals surface area contributed by atoms with Crippen molar-refractivity contribution < 1.29 is 4.79 Å². The van der Waals surface area contributed by atoms with Crippen LogP contribution < -0.4 is 16.0 Å². The molecule has 1 aliphatic rings. The molecule has 7 heteroatoms. The van der Waals surface area contributed by atoms with Gasteiger partial charge >= 0.3 is 0 Å². The van der Waals surface area contributed by atoms with E-state index in [0.29, 0.717) is 24.8 Å². The lowest BCUT2D eigenvalue weighted by Gasteiger charge is -2.28. The van der Waals surface area contributed by atoms with Gasteiger partial charge in [-0.15, -0.1) is 24.0 Å². The molecule has 1 saturated carbocycles. The number of pyridine rings is 1. The number of anilines is 1. The first kappa shape index (κ1) is 21.7. The van der Waals surface area contributed by atoms with Crippen molar-refractivity contribution in [2.24, 2.45) is 10.9 Å². The van der Waals surface area contributed by atoms with E-state index in [9.17, 15) is 4.79 Å². The fraction of sp³-hybridized carbons (Fsp3) is 0.611. The first-order valence-electron chi connectivity index (χ1n) is 8.76. The quantitative estimate of drug-likeness (QED) is 0.359. The average molecular weight is 459 g/mol. The number of guanidine groups is 1. The van der Waals surface area contributed by atoms with Crippen LogP contribution in [0.5, 0.6) is 0 Å². The van der Waals surface area contributed by atoms with Crippen molar-refractivity contribution in [3.05, 3.63) is 23.9 Å². The first-order valence-corrected chi connectivity index (χ1v) is 8.76. The number of aliphatic imine (C=N–C) groups is 1. The smallest absolute Gasteiger partial charge is 0.227 e. The summed E-state index contributed by atoms with van der Waals surface area (Å²) in [6.07, 6.45) is 7.01. The minimum Gasteiger partial charge on any atom is -0.356 e. The van der Waals surface area contributed by atoms with Gasteiger partial charge in [0.2, 0.25) is 5.91 Å². The Morgan fingerprint density at radius 3 is 2.60 bits per heavy atom. The van der Waals surface area contributed by atoms with Crippen LogP contribution in [0.1, 0.15) is 44.6 Å². The zero-order valence-corrected chi connectivity index (χ0v) is 17.7. The van der Waals surface area contributed by atoms with E-state index in [2.05, 4.69) is 32.9 Å². The van der Waals surface area contributed by atoms with Gasteiger partial charge in [-0.25, -0.2) is 4.98 Å². The van der Waals surface area contributed by atoms with E-state index in [1.807, 2.05) is 19.1 Å². The number of nitrogens with zero attached hydrogens (tertiary/aromatic N) is 2. The number of aromatic nitrogens is 1. The summed E-state index contributed by atoms with van der Waals surface area (Å²) in [5.74, 6) is 2.14. The van der Waals surface area contributed by atoms with Gasteiger partial charge < -0.3 is 16.0 Å². The molecule has 6 nitrogen and oxygen atoms in total. The van der Waals surface area contributed by atoms with Crippen LogP contribution >= 0.6 is 24.0 Å². The van der Waals surface area contributed by atoms with Gasteiger partial charge in [-0.1, -0.05) is 13.0 Å². The van der Waals surface area contributed by atoms with Crippen LogP contribution in [-0.4, -0.2) is 36.5 Å². The maximum Gasteiger partial charge on any atom is 0.227 e. The van der Waals surface area contributed by atoms with E-state index in [1.165, 1.54) is 25.7 Å². The van der Waals surface area contributed by atoms with Gasteiger partial charge in [0.1, 0.15) is 5.82 Å². The molecular weight excluding hydrogens is 429 g/mol. The standard InChI is InChI=1S/C18H29N5O.HI/c1-13-4-7-15(8-5-13)22-18(19-3)20-11-10-17(24)23-16-9-6-14(2)12-21-16;/h6,9,12-13,15H,4-5,7-8,10-11H2,1-3H3,(H2,19,20,22)(H,21,23,24);1H. The summed E-state index contributed by atoms with van der Waals surface area (Å²) in [4.78, 5) is 20.4. The molecule has 0 bridgehead atoms. The zero-order valence-electron chi connectivity index (χ0n) is 15.3. The van der Waals surface area contributed by atoms with Crippen molar-refractivity contribution in [3.63, 3.8) is 0 Å². The largest absolute Gasteiger partial charge is 0.356 e. The molecule has 0 aromatic carbocycles. The Morgan fingerprint density at radius 1 is 1.28 bits per heavy atom. The number of carbonyl (C=O) groups excluding carboxylic acids is 1. The maximum atomic E-state index is 11.9. The molecule has 1 amide bonds. The molecule has 1 aliphatic carbocycles. The summed E-state index contributed by atoms with van der Waals surface area (Å²) < 4.78 is 0. The molecule has 0 saturated heterocycles. The zero-order chi connectivity index (χ0) is 17.4. The summed E-state index contributed by atoms with van der Waals surface area (Å²) >= 11 is 0. The van der Waals surface area contributed by atoms with Crippen molar-refractivity contribution in [2.75, 3.05) is 18.9 Å². The highest BCUT2D eigenvalue weighted by molar-refractivity contribution is 14.0. The number of hydrogen-bond donors (Lipinski definition) is 3. The van der Waals surface area contributed by atoms with E-state index < -0.39 is 0 Å². The number of nitrogens with one attached hydrogen (secondary N) is 3. The van der Waals surface area contributed by atoms with Gasteiger partial charge in [0, 0.05) is 32.3 Å². The minimum atomic E-state index is -0.0548. The summed E-state index contributed by atoms with van der Waals surface area (Å²) in [7, 11) is 1.76. The van der Waals surface area contributed by atoms with E-state index >= 15 is 0 Å². The molecule has 0 aliphatic heterocycles. The van der Waals surface area contributed by atoms with Crippen molar-refractivity contribution in [1.29, 1.82) is 0 Å². The van der Waals surface area contributed by atoms with E-state index in [4.69, 9.17) is 0 Å². The number of hydrogen-bond acceptors (Lipinski definition) is 3. The fourth-order valence-electron chi connectivity index (χ4n) is 2.83. The molecular formula is C18H30IN5O. The molecule has 1 aromatic heterocycles. The average Bonchev–Trinajstić information content (AvgIpc) is 2.58. The van der Waals surface area contributed by atoms with Gasteiger partial charge in [0.05, 0.1) is 0 Å². The molecule has 0 unspecified atom stereocenters. The van der Waals surface area contributed by atoms with Crippen LogP contribution in [-0.2, 0) is 4.79 Å². The molecule has 0 atom stereocenters. The third-order valence-electron chi connectivity index (χ3n) is 4.40. The van der Waals surface area contributed by atoms with Crippen molar-refractivity contribution in [1.82, 2.24) is 15.6 Å². The highest BCUT2D eigenvalue weighted by Gasteiger charge is 2.18. The highest BCUT2D eigenvalue weighted by atomic mass is 127. The second-order valence-electron chi connectivity index (χ2n) is 6.62. The normalized spacial score (nSPS) is 20.4. The number of aryl methyl sites for hydroxylation is 1. The monoisotopic (exact) mass is 459 g/mol. The predicted molar refractivity (Wildman–Crippen MR) is 114 cm³/mol. The number of halogens is 1. The van der Waals surface area contributed by atoms with Gasteiger partial charge in [-0.3, -0.25) is 9.79 Å². The van der Waals surface area contributed by atoms with Gasteiger partial charge in [-0.05, 0) is 50.2 Å². The Balaban J connectivity index is 0.00000312. The van der Waals surface area contributed by atoms with Gasteiger partial charge in [0.25, 0.3) is 0 Å². The molecule has 1 aromatic rings. The summed E-state index contributed by atoms with van der Waals surface area (Å²) in [5, 5.41) is 9.46. The fourth-order valence-corrected chi connectivity index (χ4v) is 2.83. The molecule has 3 N–H and O–H groups in total. The van der Waals surface area contributed by atoms with Crippen LogP contribution in [0, 0.1) is 12.8 Å². The summed E-state index contributed by atoms with van der Waals surface area (Å²) in [6, 6.07) is 4.22. The van der Waals surface area contributed by atoms with Crippen molar-refractivity contribution in [3.8, 4) is 0 Å². The second-order valence-corrected chi connectivity index (χ2v) is 6.62. The lowest BCUT2D eigenvalue weighted by atomic mass is 9.87. The molecule has 25 heavy (non-hydrogen) atoms. The SMILES string of the molecule is CN=C(NCCC(=O)Nc1ccc(C)cn1)NC1CCC(C)CC1.I. The second kappa shape index (κ2) is 11.3. The van der Waals surface area contributed by atoms with Crippen LogP contribution in [0.15, 0.2) is 23.3 Å². The Bertz CT molecular complexity index is 553. The van der Waals surface area contributed by atoms with Crippen LogP contribution in [0.2, 0.25) is 0 Å². The molecule has 140 valence electrons. The van der Waals surface area contributed by atoms with Gasteiger partial charge in [0.15, 0.2) is 5.96 Å². The molecule has 1 heterocycles. The lowest BCUT2D eigenvalue weighted by molar-refractivity contribution is -0.116. The Morgan fingerprint density at radius 2 is 2.00 bits per heavy atom. The van der Waals surface area contributed by atoms with Crippen LogP contribution in [0.3, 0.4) is 0 Å². The molecule has 2 rings (SSSR count). The molecule has 0 radical (unpaired) electrons.